The fourth-order valence-electron chi connectivity index (χ4n) is 2.32. The van der Waals surface area contributed by atoms with E-state index >= 15 is 0 Å². The van der Waals surface area contributed by atoms with E-state index in [0.29, 0.717) is 5.56 Å². The molecule has 0 aliphatic rings. The van der Waals surface area contributed by atoms with Gasteiger partial charge < -0.3 is 4.52 Å². The number of benzene rings is 1. The molecule has 0 aliphatic carbocycles. The summed E-state index contributed by atoms with van der Waals surface area (Å²) in [5.41, 5.74) is 0.235. The van der Waals surface area contributed by atoms with Crippen LogP contribution in [0.4, 0.5) is 13.2 Å². The number of nitrogens with zero attached hydrogens (tertiary/aromatic N) is 2. The lowest BCUT2D eigenvalue weighted by Crippen LogP contribution is -2.14. The van der Waals surface area contributed by atoms with E-state index in [1.54, 1.807) is 12.1 Å². The molecule has 3 aromatic rings. The zero-order valence-corrected chi connectivity index (χ0v) is 13.2. The van der Waals surface area contributed by atoms with Crippen molar-refractivity contribution in [3.8, 4) is 22.4 Å². The van der Waals surface area contributed by atoms with Crippen LogP contribution in [0.3, 0.4) is 0 Å². The van der Waals surface area contributed by atoms with Crippen molar-refractivity contribution in [2.45, 2.75) is 11.3 Å². The number of alkyl halides is 2. The van der Waals surface area contributed by atoms with Crippen molar-refractivity contribution in [1.29, 1.82) is 0 Å². The molecule has 2 aromatic heterocycles. The Kier molecular flexibility index (Phi) is 4.31. The average molecular weight is 369 g/mol. The molecule has 0 atom stereocenters. The molecule has 0 radical (unpaired) electrons. The van der Waals surface area contributed by atoms with Crippen molar-refractivity contribution in [3.05, 3.63) is 54.3 Å². The van der Waals surface area contributed by atoms with Crippen LogP contribution in [0.15, 0.2) is 52.1 Å². The first-order valence-corrected chi connectivity index (χ1v) is 8.34. The van der Waals surface area contributed by atoms with Gasteiger partial charge in [0, 0.05) is 18.0 Å². The van der Waals surface area contributed by atoms with E-state index in [2.05, 4.69) is 10.1 Å². The Bertz CT molecular complexity index is 1020. The highest BCUT2D eigenvalue weighted by atomic mass is 32.2. The van der Waals surface area contributed by atoms with Gasteiger partial charge in [0.05, 0.1) is 5.56 Å². The van der Waals surface area contributed by atoms with Gasteiger partial charge in [0.15, 0.2) is 0 Å². The molecule has 1 aromatic carbocycles. The summed E-state index contributed by atoms with van der Waals surface area (Å²) >= 11 is 0. The minimum Gasteiger partial charge on any atom is -0.354 e. The van der Waals surface area contributed by atoms with Gasteiger partial charge in [0.2, 0.25) is 15.8 Å². The number of pyridine rings is 1. The maximum atomic E-state index is 14.1. The highest BCUT2D eigenvalue weighted by Gasteiger charge is 2.27. The summed E-state index contributed by atoms with van der Waals surface area (Å²) in [6.07, 6.45) is -0.141. The predicted octanol–water partition coefficient (Wildman–Crippen LogP) is 3.13. The Morgan fingerprint density at radius 1 is 1.16 bits per heavy atom. The van der Waals surface area contributed by atoms with Crippen molar-refractivity contribution in [3.63, 3.8) is 0 Å². The Balaban J connectivity index is 2.23. The summed E-state index contributed by atoms with van der Waals surface area (Å²) in [5.74, 6) is -1.93. The molecule has 6 nitrogen and oxygen atoms in total. The van der Waals surface area contributed by atoms with Gasteiger partial charge in [0.25, 0.3) is 6.43 Å². The maximum Gasteiger partial charge on any atom is 0.298 e. The molecule has 0 bridgehead atoms. The van der Waals surface area contributed by atoms with Crippen molar-refractivity contribution < 1.29 is 26.1 Å². The number of primary sulfonamides is 1. The van der Waals surface area contributed by atoms with Crippen LogP contribution in [-0.2, 0) is 10.0 Å². The molecule has 3 rings (SSSR count). The lowest BCUT2D eigenvalue weighted by Gasteiger charge is -2.07. The minimum absolute atomic E-state index is 0.0275. The van der Waals surface area contributed by atoms with Crippen LogP contribution in [0.2, 0.25) is 0 Å². The molecular formula is C15H10F3N3O3S. The van der Waals surface area contributed by atoms with Gasteiger partial charge in [-0.2, -0.15) is 0 Å². The second kappa shape index (κ2) is 6.30. The summed E-state index contributed by atoms with van der Waals surface area (Å²) in [5, 5.41) is 8.52. The summed E-state index contributed by atoms with van der Waals surface area (Å²) in [6, 6.07) is 5.98. The summed E-state index contributed by atoms with van der Waals surface area (Å²) in [7, 11) is -4.28. The largest absolute Gasteiger partial charge is 0.354 e. The van der Waals surface area contributed by atoms with E-state index in [9.17, 15) is 21.6 Å². The summed E-state index contributed by atoms with van der Waals surface area (Å²) in [4.78, 5) is 3.13. The molecular weight excluding hydrogens is 359 g/mol. The van der Waals surface area contributed by atoms with Crippen LogP contribution in [0.5, 0.6) is 0 Å². The van der Waals surface area contributed by atoms with Gasteiger partial charge in [-0.15, -0.1) is 0 Å². The average Bonchev–Trinajstić information content (AvgIpc) is 2.99. The normalized spacial score (nSPS) is 11.9. The third-order valence-corrected chi connectivity index (χ3v) is 4.32. The topological polar surface area (TPSA) is 99.1 Å². The molecule has 0 fully saturated rings. The van der Waals surface area contributed by atoms with E-state index in [4.69, 9.17) is 9.66 Å². The smallest absolute Gasteiger partial charge is 0.298 e. The second-order valence-electron chi connectivity index (χ2n) is 5.00. The van der Waals surface area contributed by atoms with Gasteiger partial charge >= 0.3 is 0 Å². The fourth-order valence-corrected chi connectivity index (χ4v) is 2.91. The molecule has 2 N–H and O–H groups in total. The van der Waals surface area contributed by atoms with Crippen molar-refractivity contribution in [1.82, 2.24) is 10.1 Å². The van der Waals surface area contributed by atoms with Gasteiger partial charge in [-0.05, 0) is 29.8 Å². The van der Waals surface area contributed by atoms with Crippen molar-refractivity contribution in [2.75, 3.05) is 0 Å². The molecule has 0 unspecified atom stereocenters. The number of halogens is 3. The molecule has 25 heavy (non-hydrogen) atoms. The first-order valence-electron chi connectivity index (χ1n) is 6.80. The lowest BCUT2D eigenvalue weighted by molar-refractivity contribution is 0.113. The van der Waals surface area contributed by atoms with Gasteiger partial charge in [0.1, 0.15) is 16.4 Å². The van der Waals surface area contributed by atoms with Crippen LogP contribution in [0.1, 0.15) is 12.2 Å². The molecule has 0 saturated heterocycles. The zero-order valence-electron chi connectivity index (χ0n) is 12.4. The Hall–Kier alpha value is -2.72. The molecule has 0 saturated carbocycles. The third-order valence-electron chi connectivity index (χ3n) is 3.38. The van der Waals surface area contributed by atoms with Crippen LogP contribution in [0.25, 0.3) is 22.4 Å². The number of hydrogen-bond donors (Lipinski definition) is 1. The van der Waals surface area contributed by atoms with Crippen molar-refractivity contribution >= 4 is 10.0 Å². The Morgan fingerprint density at radius 3 is 2.48 bits per heavy atom. The Morgan fingerprint density at radius 2 is 1.92 bits per heavy atom. The predicted molar refractivity (Wildman–Crippen MR) is 81.5 cm³/mol. The van der Waals surface area contributed by atoms with E-state index < -0.39 is 32.9 Å². The molecule has 130 valence electrons. The number of nitrogens with two attached hydrogens (primary N) is 1. The highest BCUT2D eigenvalue weighted by Crippen LogP contribution is 2.39. The second-order valence-corrected chi connectivity index (χ2v) is 6.53. The molecule has 2 heterocycles. The lowest BCUT2D eigenvalue weighted by atomic mass is 10.00. The molecule has 10 heteroatoms. The number of aromatic nitrogens is 2. The molecule has 0 aliphatic heterocycles. The fraction of sp³-hybridized carbons (Fsp3) is 0.0667. The van der Waals surface area contributed by atoms with E-state index in [1.807, 2.05) is 0 Å². The van der Waals surface area contributed by atoms with Crippen molar-refractivity contribution in [2.24, 2.45) is 5.14 Å². The summed E-state index contributed by atoms with van der Waals surface area (Å²) < 4.78 is 67.9. The maximum absolute atomic E-state index is 14.1. The van der Waals surface area contributed by atoms with Crippen LogP contribution in [0, 0.1) is 5.82 Å². The van der Waals surface area contributed by atoms with Gasteiger partial charge in [-0.3, -0.25) is 4.98 Å². The van der Waals surface area contributed by atoms with Gasteiger partial charge in [-0.25, -0.2) is 26.7 Å². The molecule has 0 spiro atoms. The van der Waals surface area contributed by atoms with Gasteiger partial charge in [-0.1, -0.05) is 11.2 Å². The van der Waals surface area contributed by atoms with E-state index in [1.165, 1.54) is 12.4 Å². The quantitative estimate of drug-likeness (QED) is 0.762. The first kappa shape index (κ1) is 17.1. The SMILES string of the molecule is NS(=O)(=O)c1ccc(-c2c(-c3cccnc3)noc2C(F)F)cc1F. The van der Waals surface area contributed by atoms with Crippen LogP contribution in [-0.4, -0.2) is 18.6 Å². The molecule has 0 amide bonds. The minimum atomic E-state index is -4.28. The number of rotatable bonds is 4. The number of sulfonamides is 1. The van der Waals surface area contributed by atoms with Crippen LogP contribution >= 0.6 is 0 Å². The standard InChI is InChI=1S/C15H10F3N3O3S/c16-10-6-8(3-4-11(10)25(19,22)23)12-13(9-2-1-5-20-7-9)21-24-14(12)15(17)18/h1-7,15H,(H2,19,22,23). The first-order chi connectivity index (χ1) is 11.8. The van der Waals surface area contributed by atoms with Crippen LogP contribution < -0.4 is 5.14 Å². The highest BCUT2D eigenvalue weighted by molar-refractivity contribution is 7.89. The number of hydrogen-bond acceptors (Lipinski definition) is 5. The zero-order chi connectivity index (χ0) is 18.2. The van der Waals surface area contributed by atoms with E-state index in [-0.39, 0.29) is 16.8 Å². The van der Waals surface area contributed by atoms with E-state index in [0.717, 1.165) is 18.2 Å². The summed E-state index contributed by atoms with van der Waals surface area (Å²) in [6.45, 7) is 0. The monoisotopic (exact) mass is 369 g/mol. The third kappa shape index (κ3) is 3.26. The Labute approximate surface area is 140 Å².